The third-order valence-corrected chi connectivity index (χ3v) is 2.83. The van der Waals surface area contributed by atoms with Crippen molar-refractivity contribution in [1.29, 1.82) is 0 Å². The van der Waals surface area contributed by atoms with Crippen LogP contribution in [-0.2, 0) is 0 Å². The van der Waals surface area contributed by atoms with E-state index >= 15 is 0 Å². The molecule has 118 valence electrons. The molecule has 0 bridgehead atoms. The van der Waals surface area contributed by atoms with Gasteiger partial charge in [0.05, 0.1) is 14.2 Å². The third kappa shape index (κ3) is 3.81. The lowest BCUT2D eigenvalue weighted by Crippen LogP contribution is -2.17. The van der Waals surface area contributed by atoms with Crippen LogP contribution in [0, 0.1) is 5.82 Å². The second-order valence-corrected chi connectivity index (χ2v) is 4.29. The van der Waals surface area contributed by atoms with E-state index in [1.807, 2.05) is 0 Å². The Morgan fingerprint density at radius 2 is 1.45 bits per heavy atom. The van der Waals surface area contributed by atoms with Gasteiger partial charge >= 0.3 is 6.36 Å². The number of hydrogen-bond donors (Lipinski definition) is 0. The van der Waals surface area contributed by atoms with Crippen LogP contribution in [0.1, 0.15) is 0 Å². The predicted octanol–water partition coefficient (Wildman–Crippen LogP) is 4.41. The molecule has 2 aromatic carbocycles. The zero-order valence-corrected chi connectivity index (χ0v) is 11.7. The van der Waals surface area contributed by atoms with Crippen molar-refractivity contribution in [2.75, 3.05) is 14.2 Å². The highest BCUT2D eigenvalue weighted by Crippen LogP contribution is 2.35. The molecule has 0 atom stereocenters. The summed E-state index contributed by atoms with van der Waals surface area (Å²) in [6.07, 6.45) is -4.85. The zero-order chi connectivity index (χ0) is 16.3. The van der Waals surface area contributed by atoms with E-state index in [-0.39, 0.29) is 16.9 Å². The Bertz CT molecular complexity index is 668. The lowest BCUT2D eigenvalue weighted by Gasteiger charge is -2.13. The van der Waals surface area contributed by atoms with Gasteiger partial charge in [-0.1, -0.05) is 0 Å². The zero-order valence-electron chi connectivity index (χ0n) is 11.7. The van der Waals surface area contributed by atoms with Gasteiger partial charge < -0.3 is 14.2 Å². The normalized spacial score (nSPS) is 11.2. The van der Waals surface area contributed by atoms with E-state index in [0.29, 0.717) is 5.75 Å². The van der Waals surface area contributed by atoms with E-state index in [4.69, 9.17) is 9.47 Å². The minimum absolute atomic E-state index is 0.0743. The van der Waals surface area contributed by atoms with Crippen molar-refractivity contribution in [3.05, 3.63) is 42.2 Å². The summed E-state index contributed by atoms with van der Waals surface area (Å²) < 4.78 is 64.8. The van der Waals surface area contributed by atoms with Crippen molar-refractivity contribution in [3.63, 3.8) is 0 Å². The summed E-state index contributed by atoms with van der Waals surface area (Å²) in [5.41, 5.74) is 0.250. The predicted molar refractivity (Wildman–Crippen MR) is 71.6 cm³/mol. The van der Waals surface area contributed by atoms with E-state index in [9.17, 15) is 17.6 Å². The van der Waals surface area contributed by atoms with Crippen molar-refractivity contribution < 1.29 is 31.8 Å². The van der Waals surface area contributed by atoms with Crippen LogP contribution in [0.4, 0.5) is 17.6 Å². The molecule has 3 nitrogen and oxygen atoms in total. The Balaban J connectivity index is 2.52. The van der Waals surface area contributed by atoms with E-state index in [2.05, 4.69) is 4.74 Å². The van der Waals surface area contributed by atoms with Gasteiger partial charge in [0.2, 0.25) is 0 Å². The Morgan fingerprint density at radius 3 is 2.05 bits per heavy atom. The first-order valence-corrected chi connectivity index (χ1v) is 6.11. The molecule has 22 heavy (non-hydrogen) atoms. The Kier molecular flexibility index (Phi) is 4.44. The number of alkyl halides is 3. The first-order valence-electron chi connectivity index (χ1n) is 6.11. The fraction of sp³-hybridized carbons (Fsp3) is 0.200. The standard InChI is InChI=1S/C15H12F4O3/c1-20-10-3-4-14(16)13(8-10)9-5-11(21-2)7-12(6-9)22-15(17,18)19/h3-8H,1-2H3. The minimum atomic E-state index is -4.85. The molecule has 0 aliphatic heterocycles. The molecule has 0 aliphatic rings. The molecule has 7 heteroatoms. The first-order chi connectivity index (χ1) is 10.3. The van der Waals surface area contributed by atoms with Gasteiger partial charge in [-0.25, -0.2) is 4.39 Å². The third-order valence-electron chi connectivity index (χ3n) is 2.83. The Morgan fingerprint density at radius 1 is 0.818 bits per heavy atom. The lowest BCUT2D eigenvalue weighted by atomic mass is 10.0. The highest BCUT2D eigenvalue weighted by molar-refractivity contribution is 5.69. The van der Waals surface area contributed by atoms with Crippen LogP contribution in [-0.4, -0.2) is 20.6 Å². The maximum Gasteiger partial charge on any atom is 0.573 e. The molecule has 0 saturated carbocycles. The molecule has 0 radical (unpaired) electrons. The van der Waals surface area contributed by atoms with Gasteiger partial charge in [0.1, 0.15) is 23.1 Å². The van der Waals surface area contributed by atoms with Gasteiger partial charge in [-0.2, -0.15) is 0 Å². The topological polar surface area (TPSA) is 27.7 Å². The van der Waals surface area contributed by atoms with Crippen LogP contribution in [0.5, 0.6) is 17.2 Å². The molecular formula is C15H12F4O3. The molecule has 0 spiro atoms. The second-order valence-electron chi connectivity index (χ2n) is 4.29. The van der Waals surface area contributed by atoms with Crippen molar-refractivity contribution in [2.24, 2.45) is 0 Å². The molecule has 0 saturated heterocycles. The first kappa shape index (κ1) is 15.9. The van der Waals surface area contributed by atoms with Gasteiger partial charge in [-0.15, -0.1) is 13.2 Å². The summed E-state index contributed by atoms with van der Waals surface area (Å²) in [5, 5.41) is 0. The molecule has 0 unspecified atom stereocenters. The highest BCUT2D eigenvalue weighted by Gasteiger charge is 2.31. The van der Waals surface area contributed by atoms with Crippen LogP contribution in [0.3, 0.4) is 0 Å². The van der Waals surface area contributed by atoms with Gasteiger partial charge in [0.15, 0.2) is 0 Å². The molecule has 0 aliphatic carbocycles. The highest BCUT2D eigenvalue weighted by atomic mass is 19.4. The quantitative estimate of drug-likeness (QED) is 0.782. The second kappa shape index (κ2) is 6.13. The molecule has 0 amide bonds. The number of methoxy groups -OCH3 is 2. The van der Waals surface area contributed by atoms with Crippen molar-refractivity contribution in [2.45, 2.75) is 6.36 Å². The number of ether oxygens (including phenoxy) is 3. The van der Waals surface area contributed by atoms with Crippen LogP contribution >= 0.6 is 0 Å². The van der Waals surface area contributed by atoms with Crippen molar-refractivity contribution >= 4 is 0 Å². The average Bonchev–Trinajstić information content (AvgIpc) is 2.45. The van der Waals surface area contributed by atoms with Crippen LogP contribution in [0.25, 0.3) is 11.1 Å². The van der Waals surface area contributed by atoms with Crippen molar-refractivity contribution in [3.8, 4) is 28.4 Å². The number of rotatable bonds is 4. The van der Waals surface area contributed by atoms with Gasteiger partial charge in [0, 0.05) is 11.6 Å². The van der Waals surface area contributed by atoms with E-state index < -0.39 is 17.9 Å². The molecule has 2 aromatic rings. The van der Waals surface area contributed by atoms with E-state index in [1.54, 1.807) is 0 Å². The molecule has 0 N–H and O–H groups in total. The SMILES string of the molecule is COc1cc(OC(F)(F)F)cc(-c2cc(OC)ccc2F)c1. The molecular weight excluding hydrogens is 304 g/mol. The van der Waals surface area contributed by atoms with Gasteiger partial charge in [-0.3, -0.25) is 0 Å². The number of benzene rings is 2. The summed E-state index contributed by atoms with van der Waals surface area (Å²) in [4.78, 5) is 0. The summed E-state index contributed by atoms with van der Waals surface area (Å²) >= 11 is 0. The Labute approximate surface area is 124 Å². The fourth-order valence-electron chi connectivity index (χ4n) is 1.89. The lowest BCUT2D eigenvalue weighted by molar-refractivity contribution is -0.274. The maximum atomic E-state index is 13.9. The van der Waals surface area contributed by atoms with Crippen LogP contribution < -0.4 is 14.2 Å². The maximum absolute atomic E-state index is 13.9. The van der Waals surface area contributed by atoms with Crippen LogP contribution in [0.2, 0.25) is 0 Å². The monoisotopic (exact) mass is 316 g/mol. The summed E-state index contributed by atoms with van der Waals surface area (Å²) in [5.74, 6) is -0.618. The largest absolute Gasteiger partial charge is 0.573 e. The Hall–Kier alpha value is -2.44. The van der Waals surface area contributed by atoms with E-state index in [0.717, 1.165) is 18.2 Å². The molecule has 0 heterocycles. The fourth-order valence-corrected chi connectivity index (χ4v) is 1.89. The number of halogens is 4. The summed E-state index contributed by atoms with van der Waals surface area (Å²) in [7, 11) is 2.69. The summed E-state index contributed by atoms with van der Waals surface area (Å²) in [6, 6.07) is 7.50. The average molecular weight is 316 g/mol. The minimum Gasteiger partial charge on any atom is -0.497 e. The van der Waals surface area contributed by atoms with Crippen molar-refractivity contribution in [1.82, 2.24) is 0 Å². The smallest absolute Gasteiger partial charge is 0.497 e. The van der Waals surface area contributed by atoms with Gasteiger partial charge in [-0.05, 0) is 35.9 Å². The molecule has 0 fully saturated rings. The summed E-state index contributed by atoms with van der Waals surface area (Å²) in [6.45, 7) is 0. The van der Waals surface area contributed by atoms with Crippen LogP contribution in [0.15, 0.2) is 36.4 Å². The van der Waals surface area contributed by atoms with Gasteiger partial charge in [0.25, 0.3) is 0 Å². The van der Waals surface area contributed by atoms with E-state index in [1.165, 1.54) is 32.4 Å². The molecule has 2 rings (SSSR count). The molecule has 0 aromatic heterocycles. The number of hydrogen-bond acceptors (Lipinski definition) is 3.